The zero-order valence-electron chi connectivity index (χ0n) is 16.1. The summed E-state index contributed by atoms with van der Waals surface area (Å²) in [7, 11) is 0. The van der Waals surface area contributed by atoms with Crippen LogP contribution in [0.25, 0.3) is 0 Å². The summed E-state index contributed by atoms with van der Waals surface area (Å²) in [6, 6.07) is 18.3. The Morgan fingerprint density at radius 1 is 0.964 bits per heavy atom. The predicted molar refractivity (Wildman–Crippen MR) is 112 cm³/mol. The molecule has 28 heavy (non-hydrogen) atoms. The summed E-state index contributed by atoms with van der Waals surface area (Å²) < 4.78 is 0. The van der Waals surface area contributed by atoms with E-state index in [1.807, 2.05) is 30.3 Å². The van der Waals surface area contributed by atoms with Gasteiger partial charge in [0.15, 0.2) is 0 Å². The lowest BCUT2D eigenvalue weighted by molar-refractivity contribution is -0.126. The van der Waals surface area contributed by atoms with Crippen LogP contribution in [0, 0.1) is 5.92 Å². The van der Waals surface area contributed by atoms with Crippen LogP contribution < -0.4 is 15.1 Å². The average molecular weight is 377 g/mol. The highest BCUT2D eigenvalue weighted by molar-refractivity contribution is 6.00. The smallest absolute Gasteiger partial charge is 0.227 e. The molecule has 2 aromatic rings. The molecule has 0 spiro atoms. The van der Waals surface area contributed by atoms with Crippen LogP contribution in [0.1, 0.15) is 24.8 Å². The molecule has 0 aliphatic carbocycles. The van der Waals surface area contributed by atoms with Gasteiger partial charge < -0.3 is 15.1 Å². The Labute approximate surface area is 166 Å². The maximum Gasteiger partial charge on any atom is 0.227 e. The lowest BCUT2D eigenvalue weighted by atomic mass is 10.1. The van der Waals surface area contributed by atoms with E-state index < -0.39 is 0 Å². The first kappa shape index (κ1) is 18.5. The second-order valence-corrected chi connectivity index (χ2v) is 7.64. The van der Waals surface area contributed by atoms with Crippen LogP contribution in [0.2, 0.25) is 0 Å². The number of carbonyl (C=O) groups is 2. The summed E-state index contributed by atoms with van der Waals surface area (Å²) in [5.74, 6) is -0.279. The highest BCUT2D eigenvalue weighted by Gasteiger charge is 2.35. The lowest BCUT2D eigenvalue weighted by Crippen LogP contribution is -2.34. The van der Waals surface area contributed by atoms with Gasteiger partial charge in [0, 0.05) is 44.0 Å². The molecule has 0 radical (unpaired) electrons. The van der Waals surface area contributed by atoms with E-state index in [1.54, 1.807) is 4.90 Å². The van der Waals surface area contributed by atoms with Gasteiger partial charge in [0.25, 0.3) is 0 Å². The van der Waals surface area contributed by atoms with Crippen molar-refractivity contribution in [2.24, 2.45) is 5.92 Å². The van der Waals surface area contributed by atoms with E-state index in [4.69, 9.17) is 0 Å². The SMILES string of the molecule is O=C(NCCc1ccccc1)C1CC(=O)N(c2ccc(N3CCCC3)cc2)C1. The van der Waals surface area contributed by atoms with Crippen molar-refractivity contribution in [1.82, 2.24) is 5.32 Å². The molecule has 2 amide bonds. The molecule has 0 saturated carbocycles. The van der Waals surface area contributed by atoms with Crippen LogP contribution in [0.3, 0.4) is 0 Å². The normalized spacial score (nSPS) is 19.3. The molecule has 2 heterocycles. The van der Waals surface area contributed by atoms with Gasteiger partial charge in [0.1, 0.15) is 0 Å². The van der Waals surface area contributed by atoms with Gasteiger partial charge in [-0.3, -0.25) is 9.59 Å². The van der Waals surface area contributed by atoms with Gasteiger partial charge in [-0.05, 0) is 49.1 Å². The molecule has 1 N–H and O–H groups in total. The third-order valence-electron chi connectivity index (χ3n) is 5.68. The van der Waals surface area contributed by atoms with E-state index in [1.165, 1.54) is 24.1 Å². The maximum absolute atomic E-state index is 12.5. The van der Waals surface area contributed by atoms with Crippen LogP contribution >= 0.6 is 0 Å². The van der Waals surface area contributed by atoms with Crippen molar-refractivity contribution in [1.29, 1.82) is 0 Å². The number of rotatable bonds is 6. The van der Waals surface area contributed by atoms with E-state index in [0.717, 1.165) is 25.2 Å². The number of carbonyl (C=O) groups excluding carboxylic acids is 2. The molecule has 2 aliphatic heterocycles. The van der Waals surface area contributed by atoms with Crippen molar-refractivity contribution in [2.45, 2.75) is 25.7 Å². The molecule has 0 aromatic heterocycles. The quantitative estimate of drug-likeness (QED) is 0.842. The summed E-state index contributed by atoms with van der Waals surface area (Å²) in [5.41, 5.74) is 3.29. The first-order valence-electron chi connectivity index (χ1n) is 10.2. The molecule has 1 unspecified atom stereocenters. The summed E-state index contributed by atoms with van der Waals surface area (Å²) in [5, 5.41) is 2.99. The molecule has 2 aromatic carbocycles. The Kier molecular flexibility index (Phi) is 5.60. The van der Waals surface area contributed by atoms with E-state index in [0.29, 0.717) is 13.1 Å². The summed E-state index contributed by atoms with van der Waals surface area (Å²) in [4.78, 5) is 29.1. The van der Waals surface area contributed by atoms with Crippen LogP contribution in [-0.2, 0) is 16.0 Å². The van der Waals surface area contributed by atoms with Gasteiger partial charge in [-0.1, -0.05) is 30.3 Å². The molecular weight excluding hydrogens is 350 g/mol. The lowest BCUT2D eigenvalue weighted by Gasteiger charge is -2.20. The second kappa shape index (κ2) is 8.46. The summed E-state index contributed by atoms with van der Waals surface area (Å²) in [6.07, 6.45) is 3.57. The minimum atomic E-state index is -0.276. The van der Waals surface area contributed by atoms with Gasteiger partial charge >= 0.3 is 0 Å². The Morgan fingerprint density at radius 3 is 2.36 bits per heavy atom. The Balaban J connectivity index is 1.31. The minimum Gasteiger partial charge on any atom is -0.372 e. The monoisotopic (exact) mass is 377 g/mol. The van der Waals surface area contributed by atoms with E-state index in [9.17, 15) is 9.59 Å². The van der Waals surface area contributed by atoms with E-state index >= 15 is 0 Å². The van der Waals surface area contributed by atoms with Crippen LogP contribution in [0.5, 0.6) is 0 Å². The number of nitrogens with one attached hydrogen (secondary N) is 1. The van der Waals surface area contributed by atoms with Crippen LogP contribution in [0.15, 0.2) is 54.6 Å². The van der Waals surface area contributed by atoms with Crippen molar-refractivity contribution in [2.75, 3.05) is 36.0 Å². The molecule has 146 valence electrons. The standard InChI is InChI=1S/C23H27N3O2/c27-22-16-19(23(28)24-13-12-18-6-2-1-3-7-18)17-26(22)21-10-8-20(9-11-21)25-14-4-5-15-25/h1-3,6-11,19H,4-5,12-17H2,(H,24,28). The number of hydrogen-bond acceptors (Lipinski definition) is 3. The molecule has 5 nitrogen and oxygen atoms in total. The molecule has 2 aliphatic rings. The number of anilines is 2. The van der Waals surface area contributed by atoms with Crippen molar-refractivity contribution in [3.05, 3.63) is 60.2 Å². The zero-order valence-corrected chi connectivity index (χ0v) is 16.1. The maximum atomic E-state index is 12.5. The van der Waals surface area contributed by atoms with E-state index in [-0.39, 0.29) is 24.2 Å². The molecule has 5 heteroatoms. The predicted octanol–water partition coefficient (Wildman–Crippen LogP) is 3.00. The third kappa shape index (κ3) is 4.19. The van der Waals surface area contributed by atoms with Crippen molar-refractivity contribution < 1.29 is 9.59 Å². The van der Waals surface area contributed by atoms with Crippen LogP contribution in [0.4, 0.5) is 11.4 Å². The minimum absolute atomic E-state index is 0.0251. The molecule has 4 rings (SSSR count). The number of nitrogens with zero attached hydrogens (tertiary/aromatic N) is 2. The fourth-order valence-electron chi connectivity index (χ4n) is 4.07. The zero-order chi connectivity index (χ0) is 19.3. The van der Waals surface area contributed by atoms with Crippen LogP contribution in [-0.4, -0.2) is 38.0 Å². The van der Waals surface area contributed by atoms with Crippen molar-refractivity contribution in [3.63, 3.8) is 0 Å². The van der Waals surface area contributed by atoms with Crippen molar-refractivity contribution >= 4 is 23.2 Å². The largest absolute Gasteiger partial charge is 0.372 e. The Bertz CT molecular complexity index is 814. The average Bonchev–Trinajstić information content (AvgIpc) is 3.39. The highest BCUT2D eigenvalue weighted by Crippen LogP contribution is 2.28. The fraction of sp³-hybridized carbons (Fsp3) is 0.391. The van der Waals surface area contributed by atoms with Gasteiger partial charge in [0.2, 0.25) is 11.8 Å². The number of benzene rings is 2. The number of amides is 2. The number of hydrogen-bond donors (Lipinski definition) is 1. The molecule has 2 saturated heterocycles. The highest BCUT2D eigenvalue weighted by atomic mass is 16.2. The van der Waals surface area contributed by atoms with Gasteiger partial charge in [0.05, 0.1) is 5.92 Å². The fourth-order valence-corrected chi connectivity index (χ4v) is 4.07. The summed E-state index contributed by atoms with van der Waals surface area (Å²) >= 11 is 0. The van der Waals surface area contributed by atoms with Gasteiger partial charge in [-0.2, -0.15) is 0 Å². The molecule has 1 atom stereocenters. The Morgan fingerprint density at radius 2 is 1.64 bits per heavy atom. The first-order valence-corrected chi connectivity index (χ1v) is 10.2. The third-order valence-corrected chi connectivity index (χ3v) is 5.68. The first-order chi connectivity index (χ1) is 13.7. The second-order valence-electron chi connectivity index (χ2n) is 7.64. The molecular formula is C23H27N3O2. The topological polar surface area (TPSA) is 52.7 Å². The molecule has 2 fully saturated rings. The van der Waals surface area contributed by atoms with Crippen molar-refractivity contribution in [3.8, 4) is 0 Å². The van der Waals surface area contributed by atoms with E-state index in [2.05, 4.69) is 34.5 Å². The summed E-state index contributed by atoms with van der Waals surface area (Å²) in [6.45, 7) is 3.26. The molecule has 0 bridgehead atoms. The van der Waals surface area contributed by atoms with Gasteiger partial charge in [-0.15, -0.1) is 0 Å². The van der Waals surface area contributed by atoms with Gasteiger partial charge in [-0.25, -0.2) is 0 Å². The Hall–Kier alpha value is -2.82.